The van der Waals surface area contributed by atoms with Gasteiger partial charge in [0.15, 0.2) is 0 Å². The molecule has 1 fully saturated rings. The summed E-state index contributed by atoms with van der Waals surface area (Å²) in [6.07, 6.45) is 8.03. The van der Waals surface area contributed by atoms with Crippen molar-refractivity contribution in [2.24, 2.45) is 23.0 Å². The summed E-state index contributed by atoms with van der Waals surface area (Å²) in [6.45, 7) is 11.0. The van der Waals surface area contributed by atoms with Crippen LogP contribution in [0, 0.1) is 17.3 Å². The molecule has 0 heterocycles. The van der Waals surface area contributed by atoms with Crippen molar-refractivity contribution in [1.82, 2.24) is 0 Å². The molecule has 0 aromatic carbocycles. The lowest BCUT2D eigenvalue weighted by molar-refractivity contribution is 0.000436. The fraction of sp³-hybridized carbons (Fsp3) is 1.00. The molecule has 0 bridgehead atoms. The van der Waals surface area contributed by atoms with Crippen LogP contribution in [-0.2, 0) is 4.74 Å². The summed E-state index contributed by atoms with van der Waals surface area (Å²) in [4.78, 5) is 0. The molecule has 0 saturated heterocycles. The van der Waals surface area contributed by atoms with E-state index in [1.807, 2.05) is 0 Å². The highest BCUT2D eigenvalue weighted by Crippen LogP contribution is 2.31. The van der Waals surface area contributed by atoms with Gasteiger partial charge in [0.1, 0.15) is 0 Å². The van der Waals surface area contributed by atoms with E-state index in [1.54, 1.807) is 0 Å². The molecule has 2 heteroatoms. The summed E-state index contributed by atoms with van der Waals surface area (Å²) in [5.74, 6) is 1.72. The van der Waals surface area contributed by atoms with Crippen LogP contribution in [0.2, 0.25) is 0 Å². The zero-order valence-electron chi connectivity index (χ0n) is 12.9. The summed E-state index contributed by atoms with van der Waals surface area (Å²) in [7, 11) is 0. The third kappa shape index (κ3) is 5.71. The minimum absolute atomic E-state index is 0.300. The van der Waals surface area contributed by atoms with Crippen LogP contribution in [-0.4, -0.2) is 19.3 Å². The molecule has 0 aliphatic heterocycles. The smallest absolute Gasteiger partial charge is 0.0577 e. The zero-order valence-corrected chi connectivity index (χ0v) is 12.9. The Morgan fingerprint density at radius 3 is 2.44 bits per heavy atom. The predicted octanol–water partition coefficient (Wildman–Crippen LogP) is 3.98. The van der Waals surface area contributed by atoms with Crippen molar-refractivity contribution in [1.29, 1.82) is 0 Å². The lowest BCUT2D eigenvalue weighted by atomic mass is 9.80. The van der Waals surface area contributed by atoms with Crippen LogP contribution in [0.1, 0.15) is 66.2 Å². The van der Waals surface area contributed by atoms with E-state index < -0.39 is 0 Å². The van der Waals surface area contributed by atoms with Crippen LogP contribution in [0.4, 0.5) is 0 Å². The van der Waals surface area contributed by atoms with Crippen LogP contribution in [0.25, 0.3) is 0 Å². The fourth-order valence-electron chi connectivity index (χ4n) is 2.71. The monoisotopic (exact) mass is 255 g/mol. The Bertz CT molecular complexity index is 227. The Kier molecular flexibility index (Phi) is 6.65. The van der Waals surface area contributed by atoms with Gasteiger partial charge in [-0.15, -0.1) is 0 Å². The minimum Gasteiger partial charge on any atom is -0.378 e. The second-order valence-electron chi connectivity index (χ2n) is 7.09. The zero-order chi connectivity index (χ0) is 13.6. The Hall–Kier alpha value is -0.0800. The molecule has 108 valence electrons. The van der Waals surface area contributed by atoms with Crippen molar-refractivity contribution in [3.63, 3.8) is 0 Å². The number of nitrogens with two attached hydrogens (primary N) is 1. The average molecular weight is 255 g/mol. The third-order valence-electron chi connectivity index (χ3n) is 4.70. The number of rotatable bonds is 7. The second kappa shape index (κ2) is 7.49. The van der Waals surface area contributed by atoms with Crippen LogP contribution in [0.15, 0.2) is 0 Å². The Morgan fingerprint density at radius 2 is 1.83 bits per heavy atom. The van der Waals surface area contributed by atoms with Gasteiger partial charge in [0, 0.05) is 6.61 Å². The quantitative estimate of drug-likeness (QED) is 0.698. The van der Waals surface area contributed by atoms with Crippen molar-refractivity contribution in [3.8, 4) is 0 Å². The molecule has 0 aromatic heterocycles. The van der Waals surface area contributed by atoms with Gasteiger partial charge in [-0.05, 0) is 55.9 Å². The van der Waals surface area contributed by atoms with Gasteiger partial charge in [-0.3, -0.25) is 0 Å². The van der Waals surface area contributed by atoms with Crippen molar-refractivity contribution in [3.05, 3.63) is 0 Å². The van der Waals surface area contributed by atoms with E-state index in [0.717, 1.165) is 25.0 Å². The molecule has 3 atom stereocenters. The van der Waals surface area contributed by atoms with E-state index >= 15 is 0 Å². The van der Waals surface area contributed by atoms with E-state index in [9.17, 15) is 0 Å². The first-order valence-corrected chi connectivity index (χ1v) is 7.76. The predicted molar refractivity (Wildman–Crippen MR) is 78.6 cm³/mol. The minimum atomic E-state index is 0.300. The van der Waals surface area contributed by atoms with Crippen molar-refractivity contribution in [2.75, 3.05) is 13.2 Å². The molecule has 2 N–H and O–H groups in total. The maximum atomic E-state index is 6.02. The summed E-state index contributed by atoms with van der Waals surface area (Å²) >= 11 is 0. The number of unbranched alkanes of at least 4 members (excludes halogenated alkanes) is 1. The van der Waals surface area contributed by atoms with E-state index in [2.05, 4.69) is 27.7 Å². The fourth-order valence-corrected chi connectivity index (χ4v) is 2.71. The van der Waals surface area contributed by atoms with Crippen molar-refractivity contribution in [2.45, 2.75) is 72.3 Å². The highest BCUT2D eigenvalue weighted by Gasteiger charge is 2.24. The molecular formula is C16H33NO. The molecule has 2 nitrogen and oxygen atoms in total. The summed E-state index contributed by atoms with van der Waals surface area (Å²) in [6, 6.07) is 0. The lowest BCUT2D eigenvalue weighted by Gasteiger charge is -2.32. The summed E-state index contributed by atoms with van der Waals surface area (Å²) in [5.41, 5.74) is 6.04. The molecule has 0 aromatic rings. The van der Waals surface area contributed by atoms with E-state index in [1.165, 1.54) is 38.5 Å². The number of hydrogen-bond donors (Lipinski definition) is 1. The molecule has 0 spiro atoms. The Labute approximate surface area is 114 Å². The van der Waals surface area contributed by atoms with Gasteiger partial charge in [0.25, 0.3) is 0 Å². The largest absolute Gasteiger partial charge is 0.378 e. The van der Waals surface area contributed by atoms with Gasteiger partial charge in [-0.25, -0.2) is 0 Å². The molecule has 0 amide bonds. The first kappa shape index (κ1) is 16.0. The molecule has 18 heavy (non-hydrogen) atoms. The molecule has 1 rings (SSSR count). The van der Waals surface area contributed by atoms with Gasteiger partial charge in [-0.1, -0.05) is 34.1 Å². The molecule has 1 saturated carbocycles. The molecule has 1 aliphatic rings. The lowest BCUT2D eigenvalue weighted by Crippen LogP contribution is -2.27. The summed E-state index contributed by atoms with van der Waals surface area (Å²) < 4.78 is 6.02. The Morgan fingerprint density at radius 1 is 1.11 bits per heavy atom. The molecule has 3 unspecified atom stereocenters. The molecule has 1 aliphatic carbocycles. The van der Waals surface area contributed by atoms with Crippen LogP contribution < -0.4 is 5.73 Å². The first-order chi connectivity index (χ1) is 8.44. The normalized spacial score (nSPS) is 29.5. The van der Waals surface area contributed by atoms with Gasteiger partial charge < -0.3 is 10.5 Å². The standard InChI is InChI=1S/C16H33NO/c1-13-7-8-15(11-14(13)2)18-10-6-5-9-16(3,4)12-17/h13-15H,5-12,17H2,1-4H3. The highest BCUT2D eigenvalue weighted by molar-refractivity contribution is 4.75. The van der Waals surface area contributed by atoms with Crippen LogP contribution in [0.3, 0.4) is 0 Å². The number of hydrogen-bond acceptors (Lipinski definition) is 2. The molecular weight excluding hydrogens is 222 g/mol. The number of ether oxygens (including phenoxy) is 1. The van der Waals surface area contributed by atoms with Gasteiger partial charge in [0.05, 0.1) is 6.10 Å². The van der Waals surface area contributed by atoms with Crippen LogP contribution in [0.5, 0.6) is 0 Å². The van der Waals surface area contributed by atoms with E-state index in [4.69, 9.17) is 10.5 Å². The average Bonchev–Trinajstić information content (AvgIpc) is 2.33. The van der Waals surface area contributed by atoms with Gasteiger partial charge in [-0.2, -0.15) is 0 Å². The maximum absolute atomic E-state index is 6.02. The molecule has 0 radical (unpaired) electrons. The van der Waals surface area contributed by atoms with Crippen LogP contribution >= 0.6 is 0 Å². The topological polar surface area (TPSA) is 35.2 Å². The van der Waals surface area contributed by atoms with E-state index in [0.29, 0.717) is 11.5 Å². The van der Waals surface area contributed by atoms with Crippen molar-refractivity contribution >= 4 is 0 Å². The second-order valence-corrected chi connectivity index (χ2v) is 7.09. The van der Waals surface area contributed by atoms with E-state index in [-0.39, 0.29) is 0 Å². The third-order valence-corrected chi connectivity index (χ3v) is 4.70. The highest BCUT2D eigenvalue weighted by atomic mass is 16.5. The summed E-state index contributed by atoms with van der Waals surface area (Å²) in [5, 5.41) is 0. The SMILES string of the molecule is CC1CCC(OCCCCC(C)(C)CN)CC1C. The maximum Gasteiger partial charge on any atom is 0.0577 e. The van der Waals surface area contributed by atoms with Gasteiger partial charge >= 0.3 is 0 Å². The Balaban J connectivity index is 2.05. The van der Waals surface area contributed by atoms with Crippen molar-refractivity contribution < 1.29 is 4.74 Å². The van der Waals surface area contributed by atoms with Gasteiger partial charge in [0.2, 0.25) is 0 Å². The first-order valence-electron chi connectivity index (χ1n) is 7.76.